The summed E-state index contributed by atoms with van der Waals surface area (Å²) in [7, 11) is 0. The highest BCUT2D eigenvalue weighted by molar-refractivity contribution is 6.04. The number of ketones is 1. The molecule has 0 radical (unpaired) electrons. The van der Waals surface area contributed by atoms with E-state index in [4.69, 9.17) is 0 Å². The van der Waals surface area contributed by atoms with Crippen LogP contribution in [0.4, 0.5) is 4.79 Å². The largest absolute Gasteiger partial charge is 0.508 e. The lowest BCUT2D eigenvalue weighted by Crippen LogP contribution is -2.67. The predicted octanol–water partition coefficient (Wildman–Crippen LogP) is 3.42. The average Bonchev–Trinajstić information content (AvgIpc) is 2.76. The Kier molecular flexibility index (Phi) is 5.00. The summed E-state index contributed by atoms with van der Waals surface area (Å²) in [5.41, 5.74) is 2.92. The van der Waals surface area contributed by atoms with Crippen LogP contribution in [-0.2, 0) is 16.1 Å². The molecule has 3 N–H and O–H groups in total. The van der Waals surface area contributed by atoms with Gasteiger partial charge in [-0.1, -0.05) is 56.3 Å². The van der Waals surface area contributed by atoms with E-state index in [1.54, 1.807) is 29.2 Å². The highest BCUT2D eigenvalue weighted by Crippen LogP contribution is 2.48. The van der Waals surface area contributed by atoms with Crippen molar-refractivity contribution in [2.24, 2.45) is 11.3 Å². The van der Waals surface area contributed by atoms with Gasteiger partial charge in [-0.05, 0) is 35.1 Å². The van der Waals surface area contributed by atoms with Crippen LogP contribution in [0.15, 0.2) is 65.9 Å². The van der Waals surface area contributed by atoms with E-state index in [2.05, 4.69) is 24.5 Å². The zero-order valence-corrected chi connectivity index (χ0v) is 18.7. The lowest BCUT2D eigenvalue weighted by Gasteiger charge is -2.50. The molecule has 3 amide bonds. The molecule has 0 bridgehead atoms. The standard InChI is InChI=1S/C26H27N3O4/c1-26(2)12-18-21(19(31)13-26)20(16-8-10-17(30)11-9-16)22-23(27-18)29(25(33)28-24(22)32)14-15-6-4-3-5-7-15/h3-11,20,22-23,27,30H,12-14H2,1-2H3,(H,28,32,33). The van der Waals surface area contributed by atoms with Crippen LogP contribution in [0.2, 0.25) is 0 Å². The van der Waals surface area contributed by atoms with E-state index in [0.29, 0.717) is 25.0 Å². The monoisotopic (exact) mass is 445 g/mol. The molecule has 170 valence electrons. The Morgan fingerprint density at radius 3 is 2.39 bits per heavy atom. The molecule has 0 spiro atoms. The minimum absolute atomic E-state index is 0.0181. The number of allylic oxidation sites excluding steroid dienone is 2. The molecule has 1 saturated heterocycles. The Hall–Kier alpha value is -3.61. The Balaban J connectivity index is 1.63. The third-order valence-corrected chi connectivity index (χ3v) is 6.83. The Labute approximate surface area is 192 Å². The molecule has 1 fully saturated rings. The molecule has 7 heteroatoms. The lowest BCUT2D eigenvalue weighted by molar-refractivity contribution is -0.130. The summed E-state index contributed by atoms with van der Waals surface area (Å²) >= 11 is 0. The molecule has 0 saturated carbocycles. The number of nitrogens with zero attached hydrogens (tertiary/aromatic N) is 1. The molecule has 2 heterocycles. The first-order valence-electron chi connectivity index (χ1n) is 11.2. The molecule has 33 heavy (non-hydrogen) atoms. The van der Waals surface area contributed by atoms with Crippen molar-refractivity contribution in [1.29, 1.82) is 0 Å². The SMILES string of the molecule is CC1(C)CC(=O)C2=C(C1)NC1C(C(=O)NC(=O)N1Cc1ccccc1)C2c1ccc(O)cc1. The summed E-state index contributed by atoms with van der Waals surface area (Å²) in [6, 6.07) is 15.8. The van der Waals surface area contributed by atoms with Gasteiger partial charge in [-0.15, -0.1) is 0 Å². The van der Waals surface area contributed by atoms with Crippen LogP contribution < -0.4 is 10.6 Å². The van der Waals surface area contributed by atoms with Gasteiger partial charge in [0.15, 0.2) is 5.78 Å². The molecule has 1 aliphatic carbocycles. The first kappa shape index (κ1) is 21.2. The van der Waals surface area contributed by atoms with Crippen molar-refractivity contribution >= 4 is 17.7 Å². The summed E-state index contributed by atoms with van der Waals surface area (Å²) in [6.45, 7) is 4.44. The topological polar surface area (TPSA) is 98.7 Å². The Morgan fingerprint density at radius 1 is 1.00 bits per heavy atom. The van der Waals surface area contributed by atoms with Crippen molar-refractivity contribution in [3.63, 3.8) is 0 Å². The highest BCUT2D eigenvalue weighted by Gasteiger charge is 2.53. The van der Waals surface area contributed by atoms with Crippen molar-refractivity contribution < 1.29 is 19.5 Å². The number of hydrogen-bond acceptors (Lipinski definition) is 5. The van der Waals surface area contributed by atoms with Gasteiger partial charge in [0.2, 0.25) is 5.91 Å². The summed E-state index contributed by atoms with van der Waals surface area (Å²) < 4.78 is 0. The number of benzene rings is 2. The molecular formula is C26H27N3O4. The van der Waals surface area contributed by atoms with E-state index in [0.717, 1.165) is 16.8 Å². The van der Waals surface area contributed by atoms with E-state index in [-0.39, 0.29) is 16.9 Å². The number of phenols is 1. The minimum atomic E-state index is -0.681. The fourth-order valence-electron chi connectivity index (χ4n) is 5.41. The van der Waals surface area contributed by atoms with Gasteiger partial charge in [0.05, 0.1) is 5.92 Å². The van der Waals surface area contributed by atoms with Crippen LogP contribution in [0, 0.1) is 11.3 Å². The third kappa shape index (κ3) is 3.77. The molecule has 3 unspecified atom stereocenters. The predicted molar refractivity (Wildman–Crippen MR) is 122 cm³/mol. The van der Waals surface area contributed by atoms with Crippen molar-refractivity contribution in [2.45, 2.75) is 45.3 Å². The fraction of sp³-hybridized carbons (Fsp3) is 0.346. The van der Waals surface area contributed by atoms with E-state index in [1.165, 1.54) is 0 Å². The molecule has 2 aromatic rings. The zero-order chi connectivity index (χ0) is 23.3. The average molecular weight is 446 g/mol. The van der Waals surface area contributed by atoms with Crippen molar-refractivity contribution in [3.8, 4) is 5.75 Å². The molecule has 0 aromatic heterocycles. The maximum atomic E-state index is 13.4. The van der Waals surface area contributed by atoms with Gasteiger partial charge < -0.3 is 10.4 Å². The lowest BCUT2D eigenvalue weighted by atomic mass is 9.65. The van der Waals surface area contributed by atoms with Crippen LogP contribution >= 0.6 is 0 Å². The molecule has 2 aliphatic heterocycles. The second-order valence-electron chi connectivity index (χ2n) is 9.93. The van der Waals surface area contributed by atoms with Gasteiger partial charge in [-0.2, -0.15) is 0 Å². The number of aromatic hydroxyl groups is 1. The summed E-state index contributed by atoms with van der Waals surface area (Å²) in [5, 5.41) is 15.8. The van der Waals surface area contributed by atoms with Crippen LogP contribution in [0.3, 0.4) is 0 Å². The molecule has 2 aromatic carbocycles. The van der Waals surface area contributed by atoms with Crippen LogP contribution in [0.25, 0.3) is 0 Å². The fourth-order valence-corrected chi connectivity index (χ4v) is 5.41. The number of phenolic OH excluding ortho intramolecular Hbond substituents is 1. The molecule has 7 nitrogen and oxygen atoms in total. The number of fused-ring (bicyclic) bond motifs is 1. The number of carbonyl (C=O) groups is 3. The molecule has 3 atom stereocenters. The van der Waals surface area contributed by atoms with Gasteiger partial charge >= 0.3 is 6.03 Å². The third-order valence-electron chi connectivity index (χ3n) is 6.83. The number of urea groups is 1. The van der Waals surface area contributed by atoms with Crippen molar-refractivity contribution in [1.82, 2.24) is 15.5 Å². The van der Waals surface area contributed by atoms with Crippen LogP contribution in [0.1, 0.15) is 43.7 Å². The first-order chi connectivity index (χ1) is 15.7. The Morgan fingerprint density at radius 2 is 1.70 bits per heavy atom. The quantitative estimate of drug-likeness (QED) is 0.673. The second kappa shape index (κ2) is 7.76. The van der Waals surface area contributed by atoms with E-state index in [1.807, 2.05) is 30.3 Å². The normalized spacial score (nSPS) is 26.3. The van der Waals surface area contributed by atoms with Gasteiger partial charge in [0, 0.05) is 30.2 Å². The van der Waals surface area contributed by atoms with Gasteiger partial charge in [0.1, 0.15) is 11.9 Å². The van der Waals surface area contributed by atoms with Crippen LogP contribution in [0.5, 0.6) is 5.75 Å². The number of carbonyl (C=O) groups excluding carboxylic acids is 3. The molecule has 5 rings (SSSR count). The summed E-state index contributed by atoms with van der Waals surface area (Å²) in [5.74, 6) is -1.46. The number of Topliss-reactive ketones (excluding diaryl/α,β-unsaturated/α-hetero) is 1. The molecule has 3 aliphatic rings. The number of rotatable bonds is 3. The van der Waals surface area contributed by atoms with Crippen LogP contribution in [-0.4, -0.2) is 33.9 Å². The van der Waals surface area contributed by atoms with E-state index < -0.39 is 29.9 Å². The van der Waals surface area contributed by atoms with E-state index in [9.17, 15) is 19.5 Å². The van der Waals surface area contributed by atoms with Crippen molar-refractivity contribution in [3.05, 3.63) is 77.0 Å². The Bertz CT molecular complexity index is 1150. The minimum Gasteiger partial charge on any atom is -0.508 e. The smallest absolute Gasteiger partial charge is 0.326 e. The number of hydrogen-bond donors (Lipinski definition) is 3. The number of amides is 3. The van der Waals surface area contributed by atoms with Gasteiger partial charge in [0.25, 0.3) is 0 Å². The number of imide groups is 1. The van der Waals surface area contributed by atoms with E-state index >= 15 is 0 Å². The van der Waals surface area contributed by atoms with Crippen molar-refractivity contribution in [2.75, 3.05) is 0 Å². The second-order valence-corrected chi connectivity index (χ2v) is 9.93. The van der Waals surface area contributed by atoms with Gasteiger partial charge in [-0.25, -0.2) is 4.79 Å². The molecular weight excluding hydrogens is 418 g/mol. The maximum absolute atomic E-state index is 13.4. The first-order valence-corrected chi connectivity index (χ1v) is 11.2. The summed E-state index contributed by atoms with van der Waals surface area (Å²) in [4.78, 5) is 41.2. The maximum Gasteiger partial charge on any atom is 0.326 e. The zero-order valence-electron chi connectivity index (χ0n) is 18.7. The number of nitrogens with one attached hydrogen (secondary N) is 2. The highest BCUT2D eigenvalue weighted by atomic mass is 16.3. The summed E-state index contributed by atoms with van der Waals surface area (Å²) in [6.07, 6.45) is 0.458. The van der Waals surface area contributed by atoms with Gasteiger partial charge in [-0.3, -0.25) is 19.8 Å².